The normalized spacial score (nSPS) is 16.5. The smallest absolute Gasteiger partial charge is 0.426 e. The number of carbonyl (C=O) groups is 1. The van der Waals surface area contributed by atoms with E-state index in [2.05, 4.69) is 4.74 Å². The first-order valence-corrected chi connectivity index (χ1v) is 6.99. The lowest BCUT2D eigenvalue weighted by atomic mass is 9.96. The van der Waals surface area contributed by atoms with E-state index in [1.807, 2.05) is 0 Å². The molecule has 0 aromatic carbocycles. The molecule has 0 aliphatic rings. The summed E-state index contributed by atoms with van der Waals surface area (Å²) in [6.45, 7) is 2.57. The number of carbonyl (C=O) groups excluding carboxylic acids is 1. The predicted octanol–water partition coefficient (Wildman–Crippen LogP) is 3.77. The average Bonchev–Trinajstić information content (AvgIpc) is 2.30. The summed E-state index contributed by atoms with van der Waals surface area (Å²) in [6, 6.07) is 0. The van der Waals surface area contributed by atoms with Gasteiger partial charge in [0.2, 0.25) is 0 Å². The van der Waals surface area contributed by atoms with E-state index in [9.17, 15) is 31.1 Å². The van der Waals surface area contributed by atoms with Crippen molar-refractivity contribution < 1.29 is 41.0 Å². The molecule has 0 aliphatic heterocycles. The first kappa shape index (κ1) is 20.7. The van der Waals surface area contributed by atoms with Crippen LogP contribution in [0.25, 0.3) is 0 Å². The number of hydrogen-bond acceptors (Lipinski definition) is 3. The Kier molecular flexibility index (Phi) is 6.80. The molecular weight excluding hydrogens is 421 g/mol. The Bertz CT molecular complexity index is 350. The first-order valence-electron chi connectivity index (χ1n) is 5.91. The topological polar surface area (TPSA) is 46.5 Å². The first-order chi connectivity index (χ1) is 9.19. The molecule has 1 unspecified atom stereocenters. The lowest BCUT2D eigenvalue weighted by Crippen LogP contribution is -2.56. The van der Waals surface area contributed by atoms with Crippen LogP contribution in [0, 0.1) is 0 Å². The van der Waals surface area contributed by atoms with Gasteiger partial charge in [-0.3, -0.25) is 4.79 Å². The Labute approximate surface area is 131 Å². The van der Waals surface area contributed by atoms with E-state index in [4.69, 9.17) is 5.11 Å². The van der Waals surface area contributed by atoms with Crippen LogP contribution in [0.2, 0.25) is 0 Å². The van der Waals surface area contributed by atoms with E-state index in [1.54, 1.807) is 29.5 Å². The van der Waals surface area contributed by atoms with Crippen molar-refractivity contribution in [3.05, 3.63) is 0 Å². The Balaban J connectivity index is 4.60. The van der Waals surface area contributed by atoms with E-state index >= 15 is 0 Å². The Hall–Kier alpha value is -0.260. The second kappa shape index (κ2) is 6.88. The summed E-state index contributed by atoms with van der Waals surface area (Å²) in [7, 11) is 0. The maximum atomic E-state index is 12.4. The van der Waals surface area contributed by atoms with Crippen molar-refractivity contribution in [1.82, 2.24) is 0 Å². The summed E-state index contributed by atoms with van der Waals surface area (Å²) in [5, 5.41) is 8.86. The summed E-state index contributed by atoms with van der Waals surface area (Å²) < 4.78 is 77.8. The number of aliphatic hydroxyl groups is 1. The highest BCUT2D eigenvalue weighted by molar-refractivity contribution is 14.1. The molecule has 0 aromatic rings. The van der Waals surface area contributed by atoms with Crippen molar-refractivity contribution in [1.29, 1.82) is 0 Å². The van der Waals surface area contributed by atoms with E-state index in [1.165, 1.54) is 6.92 Å². The van der Waals surface area contributed by atoms with Crippen molar-refractivity contribution in [3.8, 4) is 0 Å². The summed E-state index contributed by atoms with van der Waals surface area (Å²) >= 11 is 1.78. The van der Waals surface area contributed by atoms with Crippen LogP contribution in [0.15, 0.2) is 0 Å². The van der Waals surface area contributed by atoms with Crippen LogP contribution >= 0.6 is 22.6 Å². The number of halogens is 7. The van der Waals surface area contributed by atoms with Gasteiger partial charge in [-0.2, -0.15) is 26.3 Å². The molecule has 3 nitrogen and oxygen atoms in total. The lowest BCUT2D eigenvalue weighted by Gasteiger charge is -2.32. The van der Waals surface area contributed by atoms with Crippen LogP contribution < -0.4 is 0 Å². The third kappa shape index (κ3) is 5.15. The fourth-order valence-corrected chi connectivity index (χ4v) is 1.39. The van der Waals surface area contributed by atoms with Crippen LogP contribution in [0.5, 0.6) is 0 Å². The zero-order valence-electron chi connectivity index (χ0n) is 11.2. The molecule has 0 amide bonds. The van der Waals surface area contributed by atoms with E-state index in [0.29, 0.717) is 6.42 Å². The minimum atomic E-state index is -5.85. The fourth-order valence-electron chi connectivity index (χ4n) is 1.23. The van der Waals surface area contributed by atoms with Crippen molar-refractivity contribution in [3.63, 3.8) is 0 Å². The maximum Gasteiger partial charge on any atom is 0.426 e. The minimum Gasteiger partial charge on any atom is -0.465 e. The van der Waals surface area contributed by atoms with Crippen LogP contribution in [0.1, 0.15) is 33.1 Å². The number of rotatable bonds is 6. The third-order valence-electron chi connectivity index (χ3n) is 2.94. The van der Waals surface area contributed by atoms with Gasteiger partial charge in [0.1, 0.15) is 3.42 Å². The monoisotopic (exact) mass is 436 g/mol. The zero-order chi connectivity index (χ0) is 17.1. The molecule has 0 saturated carbocycles. The lowest BCUT2D eigenvalue weighted by molar-refractivity contribution is -0.370. The van der Waals surface area contributed by atoms with Crippen LogP contribution in [0.4, 0.5) is 26.3 Å². The molecule has 1 atom stereocenters. The van der Waals surface area contributed by atoms with Gasteiger partial charge in [-0.15, -0.1) is 0 Å². The van der Waals surface area contributed by atoms with Gasteiger partial charge >= 0.3 is 18.3 Å². The molecule has 0 aromatic heterocycles. The van der Waals surface area contributed by atoms with Gasteiger partial charge in [0.15, 0.2) is 0 Å². The third-order valence-corrected chi connectivity index (χ3v) is 4.15. The molecule has 10 heteroatoms. The van der Waals surface area contributed by atoms with E-state index in [0.717, 1.165) is 0 Å². The zero-order valence-corrected chi connectivity index (χ0v) is 13.4. The van der Waals surface area contributed by atoms with Gasteiger partial charge in [-0.1, -0.05) is 29.5 Å². The molecule has 0 heterocycles. The highest BCUT2D eigenvalue weighted by Crippen LogP contribution is 2.45. The number of ether oxygens (including phenoxy) is 1. The molecule has 0 aliphatic carbocycles. The number of alkyl halides is 7. The average molecular weight is 436 g/mol. The van der Waals surface area contributed by atoms with Crippen LogP contribution in [-0.4, -0.2) is 39.1 Å². The highest BCUT2D eigenvalue weighted by Gasteiger charge is 2.69. The Morgan fingerprint density at radius 1 is 1.14 bits per heavy atom. The van der Waals surface area contributed by atoms with E-state index < -0.39 is 46.8 Å². The molecule has 0 rings (SSSR count). The molecule has 0 spiro atoms. The maximum absolute atomic E-state index is 12.4. The second-order valence-corrected chi connectivity index (χ2v) is 7.03. The molecular formula is C11H15F6IO3. The molecule has 0 fully saturated rings. The van der Waals surface area contributed by atoms with Gasteiger partial charge in [0, 0.05) is 0 Å². The van der Waals surface area contributed by atoms with Crippen LogP contribution in [0.3, 0.4) is 0 Å². The summed E-state index contributed by atoms with van der Waals surface area (Å²) in [5.74, 6) is -0.729. The molecule has 0 bridgehead atoms. The van der Waals surface area contributed by atoms with Crippen molar-refractivity contribution in [2.24, 2.45) is 0 Å². The minimum absolute atomic E-state index is 0.390. The van der Waals surface area contributed by atoms with Crippen LogP contribution in [-0.2, 0) is 9.53 Å². The highest BCUT2D eigenvalue weighted by atomic mass is 127. The summed E-state index contributed by atoms with van der Waals surface area (Å²) in [5.41, 5.74) is -4.80. The van der Waals surface area contributed by atoms with E-state index in [-0.39, 0.29) is 0 Å². The van der Waals surface area contributed by atoms with Gasteiger partial charge in [-0.25, -0.2) is 0 Å². The summed E-state index contributed by atoms with van der Waals surface area (Å²) in [4.78, 5) is 11.5. The van der Waals surface area contributed by atoms with Gasteiger partial charge in [0.05, 0.1) is 6.61 Å². The standard InChI is InChI=1S/C11H15F6IO3/c1-3-8(2,18)7(19)21-6-4-5-9(20,10(12,13)14)11(15,16)17/h20H,3-6H2,1-2H3. The largest absolute Gasteiger partial charge is 0.465 e. The fraction of sp³-hybridized carbons (Fsp3) is 0.909. The second-order valence-electron chi connectivity index (χ2n) is 4.65. The Morgan fingerprint density at radius 2 is 1.57 bits per heavy atom. The number of esters is 1. The molecule has 126 valence electrons. The number of hydrogen-bond donors (Lipinski definition) is 1. The predicted molar refractivity (Wildman–Crippen MR) is 70.0 cm³/mol. The SMILES string of the molecule is CCC(C)(I)C(=O)OCCCC(O)(C(F)(F)F)C(F)(F)F. The van der Waals surface area contributed by atoms with Crippen molar-refractivity contribution >= 4 is 28.6 Å². The van der Waals surface area contributed by atoms with Gasteiger partial charge in [0.25, 0.3) is 5.60 Å². The van der Waals surface area contributed by atoms with Crippen molar-refractivity contribution in [2.45, 2.75) is 54.5 Å². The quantitative estimate of drug-likeness (QED) is 0.227. The molecule has 21 heavy (non-hydrogen) atoms. The Morgan fingerprint density at radius 3 is 1.90 bits per heavy atom. The molecule has 0 radical (unpaired) electrons. The van der Waals surface area contributed by atoms with Gasteiger partial charge in [-0.05, 0) is 26.2 Å². The van der Waals surface area contributed by atoms with Crippen molar-refractivity contribution in [2.75, 3.05) is 6.61 Å². The molecule has 0 saturated heterocycles. The van der Waals surface area contributed by atoms with Gasteiger partial charge < -0.3 is 9.84 Å². The summed E-state index contributed by atoms with van der Waals surface area (Å²) in [6.07, 6.45) is -13.7. The molecule has 1 N–H and O–H groups in total.